The predicted molar refractivity (Wildman–Crippen MR) is 46.3 cm³/mol. The fourth-order valence-electron chi connectivity index (χ4n) is 0.479. The van der Waals surface area contributed by atoms with Crippen molar-refractivity contribution >= 4 is 11.7 Å². The molecule has 0 heterocycles. The number of nitrogens with two attached hydrogens (primary N) is 1. The van der Waals surface area contributed by atoms with Gasteiger partial charge in [0.2, 0.25) is 0 Å². The molecule has 0 aliphatic carbocycles. The summed E-state index contributed by atoms with van der Waals surface area (Å²) in [6.07, 6.45) is 5.42. The number of terminal acetylenes is 1. The van der Waals surface area contributed by atoms with Crippen molar-refractivity contribution in [1.29, 1.82) is 0 Å². The lowest BCUT2D eigenvalue weighted by Crippen LogP contribution is -2.28. The van der Waals surface area contributed by atoms with Gasteiger partial charge in [-0.15, -0.1) is 12.3 Å². The molecule has 2 N–H and O–H groups in total. The minimum Gasteiger partial charge on any atom is -0.322 e. The Morgan fingerprint density at radius 3 is 2.75 bits per heavy atom. The average molecular weight is 168 g/mol. The second-order valence-corrected chi connectivity index (χ2v) is 2.33. The molecule has 0 aromatic carbocycles. The number of nitrogens with zero attached hydrogens (tertiary/aromatic N) is 1. The van der Waals surface area contributed by atoms with Crippen LogP contribution in [0.15, 0.2) is 5.16 Å². The van der Waals surface area contributed by atoms with Gasteiger partial charge in [-0.3, -0.25) is 0 Å². The maximum absolute atomic E-state index is 10.3. The maximum Gasteiger partial charge on any atom is 0.331 e. The summed E-state index contributed by atoms with van der Waals surface area (Å²) in [5, 5.41) is 3.49. The standard InChI is InChI=1S/C8H12N2O2/c1-4-5-8(9)6(2)10-12-7(3)11/h1,8H,5,9H2,2-3H3. The molecule has 0 aromatic heterocycles. The fourth-order valence-corrected chi connectivity index (χ4v) is 0.479. The molecular weight excluding hydrogens is 156 g/mol. The second kappa shape index (κ2) is 5.33. The third kappa shape index (κ3) is 4.47. The van der Waals surface area contributed by atoms with Crippen LogP contribution in [-0.2, 0) is 9.63 Å². The third-order valence-electron chi connectivity index (χ3n) is 1.19. The van der Waals surface area contributed by atoms with E-state index in [0.29, 0.717) is 12.1 Å². The van der Waals surface area contributed by atoms with E-state index in [2.05, 4.69) is 15.9 Å². The maximum atomic E-state index is 10.3. The van der Waals surface area contributed by atoms with E-state index >= 15 is 0 Å². The van der Waals surface area contributed by atoms with Crippen molar-refractivity contribution in [2.75, 3.05) is 0 Å². The van der Waals surface area contributed by atoms with Crippen LogP contribution in [0.2, 0.25) is 0 Å². The SMILES string of the molecule is C#CCC(N)C(C)=NOC(C)=O. The third-order valence-corrected chi connectivity index (χ3v) is 1.19. The van der Waals surface area contributed by atoms with Gasteiger partial charge in [-0.25, -0.2) is 4.79 Å². The molecular formula is C8H12N2O2. The van der Waals surface area contributed by atoms with Crippen LogP contribution in [0, 0.1) is 12.3 Å². The van der Waals surface area contributed by atoms with Gasteiger partial charge in [-0.1, -0.05) is 5.16 Å². The van der Waals surface area contributed by atoms with E-state index in [-0.39, 0.29) is 6.04 Å². The van der Waals surface area contributed by atoms with Gasteiger partial charge in [0.1, 0.15) is 0 Å². The fraction of sp³-hybridized carbons (Fsp3) is 0.500. The van der Waals surface area contributed by atoms with Crippen LogP contribution >= 0.6 is 0 Å². The molecule has 0 radical (unpaired) electrons. The topological polar surface area (TPSA) is 64.7 Å². The lowest BCUT2D eigenvalue weighted by molar-refractivity contribution is -0.140. The van der Waals surface area contributed by atoms with E-state index < -0.39 is 5.97 Å². The first kappa shape index (κ1) is 10.7. The highest BCUT2D eigenvalue weighted by atomic mass is 16.7. The molecule has 4 nitrogen and oxygen atoms in total. The van der Waals surface area contributed by atoms with Gasteiger partial charge in [0, 0.05) is 13.3 Å². The van der Waals surface area contributed by atoms with Crippen LogP contribution in [-0.4, -0.2) is 17.7 Å². The van der Waals surface area contributed by atoms with E-state index in [0.717, 1.165) is 0 Å². The zero-order chi connectivity index (χ0) is 9.56. The molecule has 0 aliphatic heterocycles. The minimum absolute atomic E-state index is 0.339. The number of hydrogen-bond donors (Lipinski definition) is 1. The first-order chi connectivity index (χ1) is 5.57. The van der Waals surface area contributed by atoms with E-state index in [1.807, 2.05) is 0 Å². The van der Waals surface area contributed by atoms with Crippen molar-refractivity contribution in [3.8, 4) is 12.3 Å². The van der Waals surface area contributed by atoms with Gasteiger partial charge in [-0.05, 0) is 6.92 Å². The van der Waals surface area contributed by atoms with Gasteiger partial charge >= 0.3 is 5.97 Å². The van der Waals surface area contributed by atoms with Gasteiger partial charge in [0.15, 0.2) is 0 Å². The largest absolute Gasteiger partial charge is 0.331 e. The van der Waals surface area contributed by atoms with Crippen LogP contribution in [0.1, 0.15) is 20.3 Å². The Hall–Kier alpha value is -1.34. The second-order valence-electron chi connectivity index (χ2n) is 2.33. The van der Waals surface area contributed by atoms with Crippen LogP contribution < -0.4 is 5.73 Å². The van der Waals surface area contributed by atoms with Gasteiger partial charge in [-0.2, -0.15) is 0 Å². The molecule has 0 saturated heterocycles. The van der Waals surface area contributed by atoms with E-state index in [9.17, 15) is 4.79 Å². The molecule has 0 aliphatic rings. The summed E-state index contributed by atoms with van der Waals surface area (Å²) in [4.78, 5) is 14.7. The molecule has 0 bridgehead atoms. The molecule has 4 heteroatoms. The summed E-state index contributed by atoms with van der Waals surface area (Å²) in [5.41, 5.74) is 6.07. The highest BCUT2D eigenvalue weighted by molar-refractivity contribution is 5.87. The van der Waals surface area contributed by atoms with E-state index in [1.54, 1.807) is 6.92 Å². The van der Waals surface area contributed by atoms with E-state index in [1.165, 1.54) is 6.92 Å². The van der Waals surface area contributed by atoms with E-state index in [4.69, 9.17) is 12.2 Å². The summed E-state index contributed by atoms with van der Waals surface area (Å²) in [5.74, 6) is 1.92. The Labute approximate surface area is 71.8 Å². The number of rotatable bonds is 3. The minimum atomic E-state index is -0.470. The predicted octanol–water partition coefficient (Wildman–Crippen LogP) is 0.276. The molecule has 1 unspecified atom stereocenters. The highest BCUT2D eigenvalue weighted by Crippen LogP contribution is 1.91. The number of hydrogen-bond acceptors (Lipinski definition) is 4. The summed E-state index contributed by atoms with van der Waals surface area (Å²) in [7, 11) is 0. The quantitative estimate of drug-likeness (QED) is 0.285. The molecule has 0 aromatic rings. The Balaban J connectivity index is 4.00. The molecule has 0 spiro atoms. The van der Waals surface area contributed by atoms with Crippen LogP contribution in [0.25, 0.3) is 0 Å². The molecule has 0 amide bonds. The number of carbonyl (C=O) groups excluding carboxylic acids is 1. The highest BCUT2D eigenvalue weighted by Gasteiger charge is 2.04. The molecule has 12 heavy (non-hydrogen) atoms. The molecule has 1 atom stereocenters. The Morgan fingerprint density at radius 1 is 1.75 bits per heavy atom. The summed E-state index contributed by atoms with van der Waals surface area (Å²) in [6.45, 7) is 2.93. The lowest BCUT2D eigenvalue weighted by atomic mass is 10.1. The summed E-state index contributed by atoms with van der Waals surface area (Å²) < 4.78 is 0. The van der Waals surface area contributed by atoms with Crippen molar-refractivity contribution in [3.05, 3.63) is 0 Å². The van der Waals surface area contributed by atoms with Crippen molar-refractivity contribution < 1.29 is 9.63 Å². The first-order valence-electron chi connectivity index (χ1n) is 3.49. The van der Waals surface area contributed by atoms with Gasteiger partial charge in [0.25, 0.3) is 0 Å². The molecule has 0 fully saturated rings. The lowest BCUT2D eigenvalue weighted by Gasteiger charge is -2.05. The zero-order valence-electron chi connectivity index (χ0n) is 7.20. The van der Waals surface area contributed by atoms with Gasteiger partial charge in [0.05, 0.1) is 11.8 Å². The monoisotopic (exact) mass is 168 g/mol. The number of carbonyl (C=O) groups is 1. The average Bonchev–Trinajstić information content (AvgIpc) is 2.00. The first-order valence-corrected chi connectivity index (χ1v) is 3.49. The Bertz CT molecular complexity index is 228. The summed E-state index contributed by atoms with van der Waals surface area (Å²) >= 11 is 0. The van der Waals surface area contributed by atoms with Gasteiger partial charge < -0.3 is 10.6 Å². The molecule has 66 valence electrons. The van der Waals surface area contributed by atoms with Crippen LogP contribution in [0.4, 0.5) is 0 Å². The van der Waals surface area contributed by atoms with Crippen molar-refractivity contribution in [1.82, 2.24) is 0 Å². The van der Waals surface area contributed by atoms with Crippen molar-refractivity contribution in [3.63, 3.8) is 0 Å². The smallest absolute Gasteiger partial charge is 0.322 e. The van der Waals surface area contributed by atoms with Crippen molar-refractivity contribution in [2.24, 2.45) is 10.9 Å². The Morgan fingerprint density at radius 2 is 2.33 bits per heavy atom. The molecule has 0 rings (SSSR count). The van der Waals surface area contributed by atoms with Crippen LogP contribution in [0.3, 0.4) is 0 Å². The molecule has 0 saturated carbocycles. The summed E-state index contributed by atoms with van der Waals surface area (Å²) in [6, 6.07) is -0.339. The Kier molecular flexibility index (Phi) is 4.73. The normalized spacial score (nSPS) is 13.3. The zero-order valence-corrected chi connectivity index (χ0v) is 7.20. The van der Waals surface area contributed by atoms with Crippen molar-refractivity contribution in [2.45, 2.75) is 26.3 Å². The number of oxime groups is 1. The van der Waals surface area contributed by atoms with Crippen LogP contribution in [0.5, 0.6) is 0 Å².